The molecular formula is C19H23NO. The summed E-state index contributed by atoms with van der Waals surface area (Å²) in [5.41, 5.74) is 7.99. The second kappa shape index (κ2) is 8.25. The van der Waals surface area contributed by atoms with Gasteiger partial charge in [-0.1, -0.05) is 60.7 Å². The third-order valence-electron chi connectivity index (χ3n) is 3.87. The van der Waals surface area contributed by atoms with E-state index in [-0.39, 0.29) is 5.91 Å². The number of carbonyl (C=O) groups excluding carboxylic acids is 1. The molecule has 0 spiro atoms. The number of amides is 1. The predicted molar refractivity (Wildman–Crippen MR) is 87.0 cm³/mol. The molecule has 2 nitrogen and oxygen atoms in total. The van der Waals surface area contributed by atoms with Gasteiger partial charge in [0.1, 0.15) is 0 Å². The van der Waals surface area contributed by atoms with Crippen molar-refractivity contribution in [2.24, 2.45) is 5.73 Å². The van der Waals surface area contributed by atoms with E-state index < -0.39 is 0 Å². The lowest BCUT2D eigenvalue weighted by molar-refractivity contribution is -0.118. The van der Waals surface area contributed by atoms with Gasteiger partial charge in [0.25, 0.3) is 0 Å². The Morgan fingerprint density at radius 1 is 0.905 bits per heavy atom. The molecule has 2 aromatic carbocycles. The van der Waals surface area contributed by atoms with Crippen molar-refractivity contribution in [2.75, 3.05) is 0 Å². The van der Waals surface area contributed by atoms with Crippen LogP contribution in [0.15, 0.2) is 60.7 Å². The highest BCUT2D eigenvalue weighted by Gasteiger charge is 2.12. The highest BCUT2D eigenvalue weighted by molar-refractivity contribution is 5.73. The topological polar surface area (TPSA) is 43.1 Å². The van der Waals surface area contributed by atoms with Gasteiger partial charge in [0.05, 0.1) is 0 Å². The summed E-state index contributed by atoms with van der Waals surface area (Å²) in [5, 5.41) is 0. The molecule has 0 saturated carbocycles. The maximum Gasteiger partial charge on any atom is 0.217 e. The first kappa shape index (κ1) is 15.3. The van der Waals surface area contributed by atoms with Crippen LogP contribution in [-0.2, 0) is 11.2 Å². The zero-order valence-corrected chi connectivity index (χ0v) is 12.4. The molecule has 0 heterocycles. The van der Waals surface area contributed by atoms with Crippen molar-refractivity contribution in [1.82, 2.24) is 0 Å². The van der Waals surface area contributed by atoms with Gasteiger partial charge in [-0.15, -0.1) is 0 Å². The number of rotatable bonds is 8. The molecule has 0 aliphatic heterocycles. The van der Waals surface area contributed by atoms with Crippen molar-refractivity contribution in [3.63, 3.8) is 0 Å². The van der Waals surface area contributed by atoms with Crippen LogP contribution >= 0.6 is 0 Å². The summed E-state index contributed by atoms with van der Waals surface area (Å²) < 4.78 is 0. The maximum absolute atomic E-state index is 11.1. The number of hydrogen-bond donors (Lipinski definition) is 1. The predicted octanol–water partition coefficient (Wildman–Crippen LogP) is 4.06. The smallest absolute Gasteiger partial charge is 0.217 e. The van der Waals surface area contributed by atoms with Crippen molar-refractivity contribution in [3.8, 4) is 0 Å². The Bertz CT molecular complexity index is 536. The molecule has 2 aromatic rings. The summed E-state index contributed by atoms with van der Waals surface area (Å²) in [6.07, 6.45) is 4.61. The number of hydrogen-bond acceptors (Lipinski definition) is 1. The number of benzene rings is 2. The highest BCUT2D eigenvalue weighted by atomic mass is 16.1. The first-order chi connectivity index (χ1) is 10.3. The largest absolute Gasteiger partial charge is 0.370 e. The lowest BCUT2D eigenvalue weighted by Gasteiger charge is -2.16. The molecule has 2 rings (SSSR count). The average Bonchev–Trinajstić information content (AvgIpc) is 2.52. The van der Waals surface area contributed by atoms with Crippen LogP contribution in [0.2, 0.25) is 0 Å². The fraction of sp³-hybridized carbons (Fsp3) is 0.316. The van der Waals surface area contributed by atoms with Gasteiger partial charge in [-0.2, -0.15) is 0 Å². The van der Waals surface area contributed by atoms with Gasteiger partial charge in [0.15, 0.2) is 0 Å². The lowest BCUT2D eigenvalue weighted by atomic mass is 9.89. The summed E-state index contributed by atoms with van der Waals surface area (Å²) in [5.74, 6) is 0.210. The summed E-state index contributed by atoms with van der Waals surface area (Å²) in [7, 11) is 0. The quantitative estimate of drug-likeness (QED) is 0.779. The van der Waals surface area contributed by atoms with E-state index in [4.69, 9.17) is 5.73 Å². The molecule has 0 fully saturated rings. The van der Waals surface area contributed by atoms with E-state index in [0.29, 0.717) is 12.3 Å². The SMILES string of the molecule is NC(=O)CCC(CCCc1ccccc1)c1ccccc1. The molecule has 0 aromatic heterocycles. The summed E-state index contributed by atoms with van der Waals surface area (Å²) in [4.78, 5) is 11.1. The third-order valence-corrected chi connectivity index (χ3v) is 3.87. The molecule has 0 radical (unpaired) electrons. The van der Waals surface area contributed by atoms with Crippen molar-refractivity contribution in [2.45, 2.75) is 38.0 Å². The van der Waals surface area contributed by atoms with Gasteiger partial charge in [0.2, 0.25) is 5.91 Å². The van der Waals surface area contributed by atoms with Crippen molar-refractivity contribution >= 4 is 5.91 Å². The Balaban J connectivity index is 1.91. The minimum absolute atomic E-state index is 0.209. The van der Waals surface area contributed by atoms with E-state index in [9.17, 15) is 4.79 Å². The Labute approximate surface area is 127 Å². The first-order valence-electron chi connectivity index (χ1n) is 7.63. The van der Waals surface area contributed by atoms with Gasteiger partial charge in [-0.05, 0) is 42.7 Å². The van der Waals surface area contributed by atoms with Gasteiger partial charge in [-0.3, -0.25) is 4.79 Å². The fourth-order valence-corrected chi connectivity index (χ4v) is 2.72. The second-order valence-electron chi connectivity index (χ2n) is 5.49. The normalized spacial score (nSPS) is 12.0. The molecule has 0 aliphatic carbocycles. The van der Waals surface area contributed by atoms with Crippen molar-refractivity contribution in [1.29, 1.82) is 0 Å². The van der Waals surface area contributed by atoms with E-state index in [1.165, 1.54) is 11.1 Å². The molecule has 110 valence electrons. The zero-order chi connectivity index (χ0) is 14.9. The Morgan fingerprint density at radius 3 is 2.14 bits per heavy atom. The Hall–Kier alpha value is -2.09. The fourth-order valence-electron chi connectivity index (χ4n) is 2.72. The number of aryl methyl sites for hydroxylation is 1. The van der Waals surface area contributed by atoms with Crippen LogP contribution in [0.1, 0.15) is 42.7 Å². The zero-order valence-electron chi connectivity index (χ0n) is 12.4. The molecule has 21 heavy (non-hydrogen) atoms. The second-order valence-corrected chi connectivity index (χ2v) is 5.49. The molecule has 0 bridgehead atoms. The van der Waals surface area contributed by atoms with E-state index >= 15 is 0 Å². The van der Waals surface area contributed by atoms with Gasteiger partial charge < -0.3 is 5.73 Å². The summed E-state index contributed by atoms with van der Waals surface area (Å²) in [6, 6.07) is 21.0. The van der Waals surface area contributed by atoms with Crippen molar-refractivity contribution in [3.05, 3.63) is 71.8 Å². The molecule has 1 amide bonds. The minimum Gasteiger partial charge on any atom is -0.370 e. The number of nitrogens with two attached hydrogens (primary N) is 1. The van der Waals surface area contributed by atoms with Gasteiger partial charge in [0, 0.05) is 6.42 Å². The van der Waals surface area contributed by atoms with Crippen LogP contribution in [0.5, 0.6) is 0 Å². The first-order valence-corrected chi connectivity index (χ1v) is 7.63. The molecule has 1 unspecified atom stereocenters. The minimum atomic E-state index is -0.209. The van der Waals surface area contributed by atoms with Gasteiger partial charge >= 0.3 is 0 Å². The Morgan fingerprint density at radius 2 is 1.52 bits per heavy atom. The van der Waals surface area contributed by atoms with Gasteiger partial charge in [-0.25, -0.2) is 0 Å². The molecule has 0 aliphatic rings. The highest BCUT2D eigenvalue weighted by Crippen LogP contribution is 2.26. The summed E-state index contributed by atoms with van der Waals surface area (Å²) >= 11 is 0. The number of primary amides is 1. The van der Waals surface area contributed by atoms with E-state index in [1.807, 2.05) is 12.1 Å². The van der Waals surface area contributed by atoms with Crippen LogP contribution in [0, 0.1) is 0 Å². The van der Waals surface area contributed by atoms with Crippen LogP contribution in [-0.4, -0.2) is 5.91 Å². The molecular weight excluding hydrogens is 258 g/mol. The Kier molecular flexibility index (Phi) is 6.01. The average molecular weight is 281 g/mol. The number of carbonyl (C=O) groups is 1. The maximum atomic E-state index is 11.1. The molecule has 2 heteroatoms. The standard InChI is InChI=1S/C19H23NO/c20-19(21)15-14-18(17-11-5-2-6-12-17)13-7-10-16-8-3-1-4-9-16/h1-6,8-9,11-12,18H,7,10,13-15H2,(H2,20,21). The van der Waals surface area contributed by atoms with E-state index in [1.54, 1.807) is 0 Å². The monoisotopic (exact) mass is 281 g/mol. The third kappa shape index (κ3) is 5.42. The summed E-state index contributed by atoms with van der Waals surface area (Å²) in [6.45, 7) is 0. The van der Waals surface area contributed by atoms with Crippen LogP contribution < -0.4 is 5.73 Å². The van der Waals surface area contributed by atoms with E-state index in [0.717, 1.165) is 25.7 Å². The molecule has 0 saturated heterocycles. The lowest BCUT2D eigenvalue weighted by Crippen LogP contribution is -2.12. The molecule has 2 N–H and O–H groups in total. The van der Waals surface area contributed by atoms with Crippen LogP contribution in [0.3, 0.4) is 0 Å². The molecule has 1 atom stereocenters. The van der Waals surface area contributed by atoms with Crippen molar-refractivity contribution < 1.29 is 4.79 Å². The van der Waals surface area contributed by atoms with E-state index in [2.05, 4.69) is 48.5 Å². The van der Waals surface area contributed by atoms with Crippen LogP contribution in [0.4, 0.5) is 0 Å². The van der Waals surface area contributed by atoms with Crippen LogP contribution in [0.25, 0.3) is 0 Å².